The summed E-state index contributed by atoms with van der Waals surface area (Å²) in [6.45, 7) is 2.18. The number of rotatable bonds is 4. The van der Waals surface area contributed by atoms with Crippen LogP contribution >= 0.6 is 0 Å². The van der Waals surface area contributed by atoms with E-state index in [1.807, 2.05) is 10.8 Å². The predicted octanol–water partition coefficient (Wildman–Crippen LogP) is 2.25. The van der Waals surface area contributed by atoms with Crippen molar-refractivity contribution in [2.75, 3.05) is 0 Å². The number of hydrogen-bond acceptors (Lipinski definition) is 4. The fraction of sp³-hybridized carbons (Fsp3) is 0.130. The van der Waals surface area contributed by atoms with Crippen molar-refractivity contribution >= 4 is 16.9 Å². The number of benzene rings is 2. The van der Waals surface area contributed by atoms with Crippen LogP contribution in [-0.4, -0.2) is 30.2 Å². The number of carbonyl (C=O) groups is 1. The quantitative estimate of drug-likeness (QED) is 0.498. The molecule has 0 amide bonds. The van der Waals surface area contributed by atoms with Crippen LogP contribution in [0.2, 0.25) is 0 Å². The standard InChI is InChI=1S/C23H18N4O4/c1-15(17-5-7-18(8-6-17)22(29)30)27-21(28)19-13-16(4-9-20(19)25-23(27)31)3-2-11-26-12-10-24-14-26/h4-10,12-15H,11H2,1H3,(H,25,31)(H,29,30). The van der Waals surface area contributed by atoms with Crippen molar-refractivity contribution in [2.45, 2.75) is 19.5 Å². The van der Waals surface area contributed by atoms with Gasteiger partial charge in [0, 0.05) is 18.0 Å². The summed E-state index contributed by atoms with van der Waals surface area (Å²) in [5, 5.41) is 9.40. The van der Waals surface area contributed by atoms with Gasteiger partial charge in [-0.1, -0.05) is 24.0 Å². The Bertz CT molecular complexity index is 1440. The van der Waals surface area contributed by atoms with Crippen LogP contribution in [0.3, 0.4) is 0 Å². The van der Waals surface area contributed by atoms with Gasteiger partial charge in [0.25, 0.3) is 5.56 Å². The van der Waals surface area contributed by atoms with Gasteiger partial charge in [-0.25, -0.2) is 14.6 Å². The zero-order valence-electron chi connectivity index (χ0n) is 16.6. The topological polar surface area (TPSA) is 110 Å². The Hall–Kier alpha value is -4.38. The minimum absolute atomic E-state index is 0.134. The Balaban J connectivity index is 1.72. The van der Waals surface area contributed by atoms with Gasteiger partial charge in [0.15, 0.2) is 0 Å². The van der Waals surface area contributed by atoms with Gasteiger partial charge in [0.05, 0.1) is 35.4 Å². The van der Waals surface area contributed by atoms with Crippen molar-refractivity contribution in [3.63, 3.8) is 0 Å². The number of carboxylic acid groups (broad SMARTS) is 1. The maximum atomic E-state index is 13.1. The molecule has 0 saturated heterocycles. The van der Waals surface area contributed by atoms with E-state index in [1.54, 1.807) is 49.8 Å². The first kappa shape index (κ1) is 19.9. The summed E-state index contributed by atoms with van der Waals surface area (Å²) >= 11 is 0. The number of carboxylic acids is 1. The molecule has 0 aliphatic carbocycles. The molecule has 0 aliphatic rings. The van der Waals surface area contributed by atoms with Gasteiger partial charge >= 0.3 is 11.7 Å². The van der Waals surface area contributed by atoms with Crippen LogP contribution in [-0.2, 0) is 6.54 Å². The van der Waals surface area contributed by atoms with E-state index in [2.05, 4.69) is 21.8 Å². The van der Waals surface area contributed by atoms with Crippen LogP contribution in [0.4, 0.5) is 0 Å². The maximum absolute atomic E-state index is 13.1. The van der Waals surface area contributed by atoms with Gasteiger partial charge in [-0.3, -0.25) is 9.36 Å². The highest BCUT2D eigenvalue weighted by Gasteiger charge is 2.16. The van der Waals surface area contributed by atoms with Crippen molar-refractivity contribution in [2.24, 2.45) is 0 Å². The van der Waals surface area contributed by atoms with Crippen LogP contribution < -0.4 is 11.2 Å². The Morgan fingerprint density at radius 1 is 1.19 bits per heavy atom. The largest absolute Gasteiger partial charge is 0.478 e. The van der Waals surface area contributed by atoms with Crippen molar-refractivity contribution in [1.29, 1.82) is 0 Å². The van der Waals surface area contributed by atoms with Gasteiger partial charge in [0.1, 0.15) is 0 Å². The first-order valence-electron chi connectivity index (χ1n) is 9.50. The molecule has 8 heteroatoms. The summed E-state index contributed by atoms with van der Waals surface area (Å²) in [5.41, 5.74) is 0.891. The van der Waals surface area contributed by atoms with Crippen molar-refractivity contribution in [3.8, 4) is 11.8 Å². The molecule has 4 aromatic rings. The van der Waals surface area contributed by atoms with Crippen LogP contribution in [0.25, 0.3) is 10.9 Å². The maximum Gasteiger partial charge on any atom is 0.335 e. The normalized spacial score (nSPS) is 11.6. The van der Waals surface area contributed by atoms with E-state index < -0.39 is 23.3 Å². The molecule has 2 N–H and O–H groups in total. The van der Waals surface area contributed by atoms with Gasteiger partial charge in [-0.05, 0) is 42.8 Å². The molecule has 154 valence electrons. The number of aromatic carboxylic acids is 1. The third-order valence-corrected chi connectivity index (χ3v) is 5.01. The number of aromatic nitrogens is 4. The molecule has 31 heavy (non-hydrogen) atoms. The summed E-state index contributed by atoms with van der Waals surface area (Å²) in [4.78, 5) is 43.5. The van der Waals surface area contributed by atoms with Crippen molar-refractivity contribution in [3.05, 3.63) is 98.7 Å². The molecule has 8 nitrogen and oxygen atoms in total. The van der Waals surface area contributed by atoms with E-state index in [0.29, 0.717) is 28.6 Å². The fourth-order valence-corrected chi connectivity index (χ4v) is 3.32. The molecule has 1 atom stereocenters. The van der Waals surface area contributed by atoms with Crippen LogP contribution in [0.1, 0.15) is 34.5 Å². The van der Waals surface area contributed by atoms with E-state index in [1.165, 1.54) is 12.1 Å². The number of imidazole rings is 1. The predicted molar refractivity (Wildman–Crippen MR) is 115 cm³/mol. The molecule has 0 radical (unpaired) electrons. The molecule has 0 bridgehead atoms. The zero-order valence-corrected chi connectivity index (χ0v) is 16.6. The third-order valence-electron chi connectivity index (χ3n) is 5.01. The second kappa shape index (κ2) is 8.16. The molecule has 4 rings (SSSR count). The van der Waals surface area contributed by atoms with E-state index in [0.717, 1.165) is 4.57 Å². The van der Waals surface area contributed by atoms with Crippen LogP contribution in [0.5, 0.6) is 0 Å². The summed E-state index contributed by atoms with van der Waals surface area (Å²) in [6, 6.07) is 10.6. The highest BCUT2D eigenvalue weighted by molar-refractivity contribution is 5.87. The highest BCUT2D eigenvalue weighted by atomic mass is 16.4. The molecule has 0 spiro atoms. The molecule has 0 saturated carbocycles. The minimum Gasteiger partial charge on any atom is -0.478 e. The van der Waals surface area contributed by atoms with E-state index in [-0.39, 0.29) is 5.56 Å². The minimum atomic E-state index is -1.04. The van der Waals surface area contributed by atoms with Crippen LogP contribution in [0.15, 0.2) is 70.8 Å². The third kappa shape index (κ3) is 4.02. The molecular formula is C23H18N4O4. The van der Waals surface area contributed by atoms with Gasteiger partial charge in [0.2, 0.25) is 0 Å². The molecular weight excluding hydrogens is 396 g/mol. The lowest BCUT2D eigenvalue weighted by molar-refractivity contribution is 0.0697. The van der Waals surface area contributed by atoms with Gasteiger partial charge in [-0.15, -0.1) is 0 Å². The average Bonchev–Trinajstić information content (AvgIpc) is 3.27. The Kier molecular flexibility index (Phi) is 5.24. The fourth-order valence-electron chi connectivity index (χ4n) is 3.32. The lowest BCUT2D eigenvalue weighted by Gasteiger charge is -2.15. The summed E-state index contributed by atoms with van der Waals surface area (Å²) in [7, 11) is 0. The second-order valence-corrected chi connectivity index (χ2v) is 7.01. The molecule has 0 aliphatic heterocycles. The Morgan fingerprint density at radius 2 is 1.97 bits per heavy atom. The first-order chi connectivity index (χ1) is 14.9. The Labute approximate surface area is 176 Å². The number of nitrogens with one attached hydrogen (secondary N) is 1. The SMILES string of the molecule is CC(c1ccc(C(=O)O)cc1)n1c(=O)[nH]c2ccc(C#CCn3ccnc3)cc2c1=O. The van der Waals surface area contributed by atoms with Gasteiger partial charge < -0.3 is 14.7 Å². The smallest absolute Gasteiger partial charge is 0.335 e. The lowest BCUT2D eigenvalue weighted by Crippen LogP contribution is -2.37. The zero-order chi connectivity index (χ0) is 22.0. The number of nitrogens with zero attached hydrogens (tertiary/aromatic N) is 3. The molecule has 2 aromatic heterocycles. The van der Waals surface area contributed by atoms with Gasteiger partial charge in [-0.2, -0.15) is 0 Å². The summed E-state index contributed by atoms with van der Waals surface area (Å²) in [5.74, 6) is 5.00. The Morgan fingerprint density at radius 3 is 2.65 bits per heavy atom. The van der Waals surface area contributed by atoms with E-state index in [4.69, 9.17) is 5.11 Å². The number of fused-ring (bicyclic) bond motifs is 1. The van der Waals surface area contributed by atoms with Crippen LogP contribution in [0, 0.1) is 11.8 Å². The molecule has 2 heterocycles. The monoisotopic (exact) mass is 414 g/mol. The van der Waals surface area contributed by atoms with Crippen molar-refractivity contribution < 1.29 is 9.90 Å². The second-order valence-electron chi connectivity index (χ2n) is 7.01. The van der Waals surface area contributed by atoms with Crippen molar-refractivity contribution in [1.82, 2.24) is 19.1 Å². The van der Waals surface area contributed by atoms with E-state index >= 15 is 0 Å². The summed E-state index contributed by atoms with van der Waals surface area (Å²) < 4.78 is 2.95. The number of hydrogen-bond donors (Lipinski definition) is 2. The molecule has 1 unspecified atom stereocenters. The lowest BCUT2D eigenvalue weighted by atomic mass is 10.1. The summed E-state index contributed by atoms with van der Waals surface area (Å²) in [6.07, 6.45) is 5.15. The molecule has 2 aromatic carbocycles. The molecule has 0 fully saturated rings. The average molecular weight is 414 g/mol. The van der Waals surface area contributed by atoms with E-state index in [9.17, 15) is 14.4 Å². The highest BCUT2D eigenvalue weighted by Crippen LogP contribution is 2.17. The number of aromatic amines is 1. The first-order valence-corrected chi connectivity index (χ1v) is 9.50. The number of H-pyrrole nitrogens is 1.